The van der Waals surface area contributed by atoms with Crippen LogP contribution in [-0.2, 0) is 5.54 Å². The minimum Gasteiger partial charge on any atom is -0.506 e. The van der Waals surface area contributed by atoms with Crippen molar-refractivity contribution in [3.63, 3.8) is 0 Å². The second kappa shape index (κ2) is 11.5. The summed E-state index contributed by atoms with van der Waals surface area (Å²) >= 11 is 6.02. The number of hydrogen-bond acceptors (Lipinski definition) is 6. The van der Waals surface area contributed by atoms with Crippen molar-refractivity contribution in [2.24, 2.45) is 0 Å². The molecule has 0 saturated heterocycles. The van der Waals surface area contributed by atoms with E-state index < -0.39 is 5.54 Å². The Morgan fingerprint density at radius 2 is 1.79 bits per heavy atom. The van der Waals surface area contributed by atoms with E-state index in [2.05, 4.69) is 20.6 Å². The van der Waals surface area contributed by atoms with Crippen molar-refractivity contribution in [2.75, 3.05) is 32.6 Å². The van der Waals surface area contributed by atoms with Crippen molar-refractivity contribution in [3.8, 4) is 34.0 Å². The van der Waals surface area contributed by atoms with Crippen molar-refractivity contribution in [1.29, 1.82) is 0 Å². The Kier molecular flexibility index (Phi) is 8.19. The van der Waals surface area contributed by atoms with Crippen LogP contribution in [0, 0.1) is 0 Å². The molecule has 2 heterocycles. The monoisotopic (exact) mass is 534 g/mol. The van der Waals surface area contributed by atoms with E-state index in [1.807, 2.05) is 57.1 Å². The molecule has 10 heteroatoms. The van der Waals surface area contributed by atoms with Gasteiger partial charge in [0.1, 0.15) is 23.9 Å². The van der Waals surface area contributed by atoms with Gasteiger partial charge in [0, 0.05) is 35.8 Å². The van der Waals surface area contributed by atoms with Crippen LogP contribution in [0.15, 0.2) is 67.0 Å². The number of anilines is 1. The lowest BCUT2D eigenvalue weighted by atomic mass is 10.1. The standard InChI is InChI=1S/C28H31ClN6O3/c1-28(2,34-27(37)31-20-6-8-21(9-7-20)38-16-15-35(3)4)26-32-24(18-11-13-30-14-12-18)25(33-26)19-5-10-22(29)23(36)17-19/h5-14,17,36H,15-16H2,1-4H3,(H,32,33)(H2,31,34,37). The normalized spacial score (nSPS) is 11.4. The Labute approximate surface area is 226 Å². The van der Waals surface area contributed by atoms with Crippen LogP contribution in [0.5, 0.6) is 11.5 Å². The quantitative estimate of drug-likeness (QED) is 0.225. The highest BCUT2D eigenvalue weighted by molar-refractivity contribution is 6.32. The van der Waals surface area contributed by atoms with Crippen LogP contribution in [0.1, 0.15) is 19.7 Å². The number of rotatable bonds is 9. The smallest absolute Gasteiger partial charge is 0.320 e. The molecule has 0 aliphatic carbocycles. The Hall–Kier alpha value is -4.08. The summed E-state index contributed by atoms with van der Waals surface area (Å²) < 4.78 is 5.71. The summed E-state index contributed by atoms with van der Waals surface area (Å²) in [6.45, 7) is 5.10. The number of likely N-dealkylation sites (N-methyl/N-ethyl adjacent to an activating group) is 1. The molecule has 198 valence electrons. The van der Waals surface area contributed by atoms with Gasteiger partial charge in [-0.05, 0) is 76.5 Å². The molecule has 4 rings (SSSR count). The van der Waals surface area contributed by atoms with Gasteiger partial charge in [-0.3, -0.25) is 4.98 Å². The molecule has 0 aliphatic heterocycles. The lowest BCUT2D eigenvalue weighted by molar-refractivity contribution is 0.240. The van der Waals surface area contributed by atoms with E-state index in [4.69, 9.17) is 21.3 Å². The Balaban J connectivity index is 1.52. The van der Waals surface area contributed by atoms with Gasteiger partial charge in [0.25, 0.3) is 0 Å². The summed E-state index contributed by atoms with van der Waals surface area (Å²) in [5.74, 6) is 1.23. The third-order valence-corrected chi connectivity index (χ3v) is 6.15. The molecule has 9 nitrogen and oxygen atoms in total. The number of ether oxygens (including phenoxy) is 1. The van der Waals surface area contributed by atoms with Crippen LogP contribution in [0.3, 0.4) is 0 Å². The zero-order valence-electron chi connectivity index (χ0n) is 21.7. The van der Waals surface area contributed by atoms with E-state index >= 15 is 0 Å². The van der Waals surface area contributed by atoms with Crippen LogP contribution in [0.4, 0.5) is 10.5 Å². The minimum absolute atomic E-state index is 0.0414. The minimum atomic E-state index is -0.867. The first kappa shape index (κ1) is 27.0. The molecule has 4 N–H and O–H groups in total. The summed E-state index contributed by atoms with van der Waals surface area (Å²) in [5.41, 5.74) is 2.63. The highest BCUT2D eigenvalue weighted by Crippen LogP contribution is 2.36. The van der Waals surface area contributed by atoms with Gasteiger partial charge >= 0.3 is 6.03 Å². The molecule has 2 aromatic carbocycles. The van der Waals surface area contributed by atoms with E-state index in [1.54, 1.807) is 42.7 Å². The summed E-state index contributed by atoms with van der Waals surface area (Å²) in [5, 5.41) is 16.3. The largest absolute Gasteiger partial charge is 0.506 e. The van der Waals surface area contributed by atoms with Gasteiger partial charge in [-0.25, -0.2) is 9.78 Å². The van der Waals surface area contributed by atoms with Crippen LogP contribution in [0.2, 0.25) is 5.02 Å². The number of phenolic OH excluding ortho intramolecular Hbond substituents is 1. The number of benzene rings is 2. The number of phenols is 1. The van der Waals surface area contributed by atoms with Gasteiger partial charge in [0.2, 0.25) is 0 Å². The first-order valence-corrected chi connectivity index (χ1v) is 12.5. The number of nitrogens with one attached hydrogen (secondary N) is 3. The van der Waals surface area contributed by atoms with E-state index in [1.165, 1.54) is 0 Å². The predicted octanol–water partition coefficient (Wildman–Crippen LogP) is 5.49. The van der Waals surface area contributed by atoms with Crippen molar-refractivity contribution < 1.29 is 14.6 Å². The fourth-order valence-corrected chi connectivity index (χ4v) is 3.87. The third-order valence-electron chi connectivity index (χ3n) is 5.83. The van der Waals surface area contributed by atoms with Crippen molar-refractivity contribution in [3.05, 3.63) is 77.8 Å². The number of carbonyl (C=O) groups is 1. The van der Waals surface area contributed by atoms with E-state index in [0.29, 0.717) is 29.4 Å². The molecule has 0 fully saturated rings. The molecule has 0 atom stereocenters. The topological polar surface area (TPSA) is 115 Å². The lowest BCUT2D eigenvalue weighted by Crippen LogP contribution is -2.44. The number of H-pyrrole nitrogens is 1. The molecule has 2 amide bonds. The van der Waals surface area contributed by atoms with Crippen LogP contribution < -0.4 is 15.4 Å². The number of hydrogen-bond donors (Lipinski definition) is 4. The predicted molar refractivity (Wildman–Crippen MR) is 150 cm³/mol. The zero-order valence-corrected chi connectivity index (χ0v) is 22.5. The summed E-state index contributed by atoms with van der Waals surface area (Å²) in [6.07, 6.45) is 3.38. The van der Waals surface area contributed by atoms with Gasteiger partial charge in [0.05, 0.1) is 21.9 Å². The van der Waals surface area contributed by atoms with Gasteiger partial charge in [-0.1, -0.05) is 17.7 Å². The number of carbonyl (C=O) groups excluding carboxylic acids is 1. The SMILES string of the molecule is CN(C)CCOc1ccc(NC(=O)NC(C)(C)c2nc(-c3ccc(Cl)c(O)c3)c(-c3ccncc3)[nH]2)cc1. The van der Waals surface area contributed by atoms with Gasteiger partial charge < -0.3 is 30.4 Å². The number of aromatic nitrogens is 3. The summed E-state index contributed by atoms with van der Waals surface area (Å²) in [6, 6.07) is 15.5. The Morgan fingerprint density at radius 1 is 1.08 bits per heavy atom. The van der Waals surface area contributed by atoms with Crippen molar-refractivity contribution >= 4 is 23.3 Å². The fourth-order valence-electron chi connectivity index (χ4n) is 3.75. The summed E-state index contributed by atoms with van der Waals surface area (Å²) in [4.78, 5) is 27.2. The maximum atomic E-state index is 12.9. The average molecular weight is 535 g/mol. The number of imidazole rings is 1. The van der Waals surface area contributed by atoms with Crippen LogP contribution >= 0.6 is 11.6 Å². The Bertz CT molecular complexity index is 1390. The molecule has 0 radical (unpaired) electrons. The number of aromatic hydroxyl groups is 1. The van der Waals surface area contributed by atoms with Crippen LogP contribution in [-0.4, -0.2) is 58.2 Å². The van der Waals surface area contributed by atoms with Gasteiger partial charge in [-0.2, -0.15) is 0 Å². The number of nitrogens with zero attached hydrogens (tertiary/aromatic N) is 3. The average Bonchev–Trinajstić information content (AvgIpc) is 3.33. The van der Waals surface area contributed by atoms with Gasteiger partial charge in [0.15, 0.2) is 0 Å². The molecule has 38 heavy (non-hydrogen) atoms. The molecular formula is C28H31ClN6O3. The second-order valence-corrected chi connectivity index (χ2v) is 10.00. The number of halogens is 1. The van der Waals surface area contributed by atoms with Gasteiger partial charge in [-0.15, -0.1) is 0 Å². The Morgan fingerprint density at radius 3 is 2.45 bits per heavy atom. The molecule has 0 saturated carbocycles. The molecule has 0 bridgehead atoms. The first-order valence-electron chi connectivity index (χ1n) is 12.1. The molecule has 4 aromatic rings. The number of pyridine rings is 1. The highest BCUT2D eigenvalue weighted by atomic mass is 35.5. The first-order chi connectivity index (χ1) is 18.1. The zero-order chi connectivity index (χ0) is 27.3. The number of aromatic amines is 1. The number of amides is 2. The maximum absolute atomic E-state index is 12.9. The van der Waals surface area contributed by atoms with E-state index in [0.717, 1.165) is 23.6 Å². The molecule has 2 aromatic heterocycles. The summed E-state index contributed by atoms with van der Waals surface area (Å²) in [7, 11) is 3.98. The lowest BCUT2D eigenvalue weighted by Gasteiger charge is -2.24. The molecule has 0 spiro atoms. The third kappa shape index (κ3) is 6.62. The second-order valence-electron chi connectivity index (χ2n) is 9.59. The number of urea groups is 1. The van der Waals surface area contributed by atoms with E-state index in [9.17, 15) is 9.90 Å². The maximum Gasteiger partial charge on any atom is 0.320 e. The molecule has 0 aliphatic rings. The molecule has 0 unspecified atom stereocenters. The fraction of sp³-hybridized carbons (Fsp3) is 0.250. The van der Waals surface area contributed by atoms with Crippen molar-refractivity contribution in [2.45, 2.75) is 19.4 Å². The van der Waals surface area contributed by atoms with Crippen molar-refractivity contribution in [1.82, 2.24) is 25.2 Å². The van der Waals surface area contributed by atoms with E-state index in [-0.39, 0.29) is 16.8 Å². The van der Waals surface area contributed by atoms with Crippen LogP contribution in [0.25, 0.3) is 22.5 Å². The molecular weight excluding hydrogens is 504 g/mol. The highest BCUT2D eigenvalue weighted by Gasteiger charge is 2.29.